The fourth-order valence-electron chi connectivity index (χ4n) is 2.75. The second-order valence-electron chi connectivity index (χ2n) is 5.84. The van der Waals surface area contributed by atoms with Gasteiger partial charge in [0.05, 0.1) is 23.4 Å². The molecule has 1 saturated heterocycles. The Morgan fingerprint density at radius 2 is 1.96 bits per heavy atom. The highest BCUT2D eigenvalue weighted by atomic mass is 16.4. The highest BCUT2D eigenvalue weighted by Gasteiger charge is 2.40. The van der Waals surface area contributed by atoms with Crippen LogP contribution in [0.3, 0.4) is 0 Å². The van der Waals surface area contributed by atoms with E-state index < -0.39 is 23.8 Å². The van der Waals surface area contributed by atoms with Crippen molar-refractivity contribution in [3.8, 4) is 5.75 Å². The number of aryl methyl sites for hydroxylation is 1. The van der Waals surface area contributed by atoms with Gasteiger partial charge in [-0.15, -0.1) is 0 Å². The molecule has 3 rings (SSSR count). The summed E-state index contributed by atoms with van der Waals surface area (Å²) in [6.07, 6.45) is -0.0798. The molecule has 0 aliphatic carbocycles. The number of hydrogen-bond acceptors (Lipinski definition) is 5. The van der Waals surface area contributed by atoms with E-state index in [1.54, 1.807) is 12.1 Å². The maximum Gasteiger partial charge on any atom is 0.335 e. The second-order valence-corrected chi connectivity index (χ2v) is 5.84. The van der Waals surface area contributed by atoms with Crippen LogP contribution in [0.4, 0.5) is 11.4 Å². The average molecular weight is 340 g/mol. The number of phenolic OH excluding ortho intramolecular Hbond substituents is 1. The van der Waals surface area contributed by atoms with Gasteiger partial charge in [0.25, 0.3) is 5.91 Å². The molecule has 0 aromatic heterocycles. The average Bonchev–Trinajstić information content (AvgIpc) is 2.85. The Bertz CT molecular complexity index is 878. The van der Waals surface area contributed by atoms with Crippen LogP contribution in [-0.2, 0) is 9.59 Å². The first-order chi connectivity index (χ1) is 11.9. The number of benzene rings is 2. The molecular weight excluding hydrogens is 324 g/mol. The Hall–Kier alpha value is -3.35. The molecule has 1 aliphatic heterocycles. The van der Waals surface area contributed by atoms with Gasteiger partial charge < -0.3 is 15.5 Å². The van der Waals surface area contributed by atoms with E-state index in [1.165, 1.54) is 30.3 Å². The van der Waals surface area contributed by atoms with E-state index in [0.717, 1.165) is 10.5 Å². The third-order valence-corrected chi connectivity index (χ3v) is 3.98. The SMILES string of the molecule is Cc1ccc(O)c(NC2CC(=O)N(c3cccc(C(=O)O)c3)C2=O)c1. The van der Waals surface area contributed by atoms with Gasteiger partial charge in [-0.1, -0.05) is 12.1 Å². The van der Waals surface area contributed by atoms with Crippen molar-refractivity contribution in [3.05, 3.63) is 53.6 Å². The molecule has 1 fully saturated rings. The van der Waals surface area contributed by atoms with Crippen molar-refractivity contribution < 1.29 is 24.6 Å². The molecule has 2 aromatic rings. The van der Waals surface area contributed by atoms with Crippen LogP contribution in [0, 0.1) is 6.92 Å². The highest BCUT2D eigenvalue weighted by molar-refractivity contribution is 6.23. The third-order valence-electron chi connectivity index (χ3n) is 3.98. The van der Waals surface area contributed by atoms with E-state index in [1.807, 2.05) is 6.92 Å². The fourth-order valence-corrected chi connectivity index (χ4v) is 2.75. The van der Waals surface area contributed by atoms with Crippen molar-refractivity contribution in [1.29, 1.82) is 0 Å². The van der Waals surface area contributed by atoms with Crippen LogP contribution in [0.2, 0.25) is 0 Å². The number of carbonyl (C=O) groups is 3. The number of nitrogens with one attached hydrogen (secondary N) is 1. The zero-order valence-electron chi connectivity index (χ0n) is 13.4. The van der Waals surface area contributed by atoms with Crippen molar-refractivity contribution >= 4 is 29.2 Å². The largest absolute Gasteiger partial charge is 0.506 e. The van der Waals surface area contributed by atoms with Crippen LogP contribution in [0.1, 0.15) is 22.3 Å². The number of imide groups is 1. The summed E-state index contributed by atoms with van der Waals surface area (Å²) in [5.74, 6) is -2.08. The van der Waals surface area contributed by atoms with Gasteiger partial charge in [0.1, 0.15) is 11.8 Å². The molecule has 128 valence electrons. The summed E-state index contributed by atoms with van der Waals surface area (Å²) in [6, 6.07) is 9.75. The summed E-state index contributed by atoms with van der Waals surface area (Å²) in [6.45, 7) is 1.84. The van der Waals surface area contributed by atoms with E-state index >= 15 is 0 Å². The molecule has 25 heavy (non-hydrogen) atoms. The number of hydrogen-bond donors (Lipinski definition) is 3. The van der Waals surface area contributed by atoms with Crippen LogP contribution in [0.15, 0.2) is 42.5 Å². The van der Waals surface area contributed by atoms with Gasteiger partial charge in [-0.05, 0) is 42.8 Å². The molecule has 3 N–H and O–H groups in total. The minimum Gasteiger partial charge on any atom is -0.506 e. The molecule has 0 radical (unpaired) electrons. The lowest BCUT2D eigenvalue weighted by Gasteiger charge is -2.17. The van der Waals surface area contributed by atoms with Crippen LogP contribution in [-0.4, -0.2) is 34.0 Å². The predicted molar refractivity (Wildman–Crippen MR) is 90.8 cm³/mol. The molecule has 2 aromatic carbocycles. The molecule has 1 heterocycles. The monoisotopic (exact) mass is 340 g/mol. The fraction of sp³-hybridized carbons (Fsp3) is 0.167. The van der Waals surface area contributed by atoms with Crippen molar-refractivity contribution in [2.75, 3.05) is 10.2 Å². The van der Waals surface area contributed by atoms with E-state index in [0.29, 0.717) is 5.69 Å². The Balaban J connectivity index is 1.86. The van der Waals surface area contributed by atoms with Gasteiger partial charge in [-0.25, -0.2) is 9.69 Å². The number of phenols is 1. The number of aromatic hydroxyl groups is 1. The Morgan fingerprint density at radius 1 is 1.20 bits per heavy atom. The van der Waals surface area contributed by atoms with Crippen LogP contribution in [0.5, 0.6) is 5.75 Å². The summed E-state index contributed by atoms with van der Waals surface area (Å²) in [4.78, 5) is 36.9. The summed E-state index contributed by atoms with van der Waals surface area (Å²) < 4.78 is 0. The third kappa shape index (κ3) is 3.16. The predicted octanol–water partition coefficient (Wildman–Crippen LogP) is 2.14. The molecule has 2 amide bonds. The smallest absolute Gasteiger partial charge is 0.335 e. The summed E-state index contributed by atoms with van der Waals surface area (Å²) in [7, 11) is 0. The van der Waals surface area contributed by atoms with Gasteiger partial charge in [-0.2, -0.15) is 0 Å². The zero-order valence-corrected chi connectivity index (χ0v) is 13.4. The molecular formula is C18H16N2O5. The van der Waals surface area contributed by atoms with Gasteiger partial charge >= 0.3 is 5.97 Å². The summed E-state index contributed by atoms with van der Waals surface area (Å²) in [5.41, 5.74) is 1.47. The lowest BCUT2D eigenvalue weighted by molar-refractivity contribution is -0.121. The molecule has 1 unspecified atom stereocenters. The first-order valence-corrected chi connectivity index (χ1v) is 7.63. The van der Waals surface area contributed by atoms with Crippen molar-refractivity contribution in [2.45, 2.75) is 19.4 Å². The molecule has 1 aliphatic rings. The van der Waals surface area contributed by atoms with Gasteiger partial charge in [-0.3, -0.25) is 9.59 Å². The maximum atomic E-state index is 12.6. The number of aromatic carboxylic acids is 1. The van der Waals surface area contributed by atoms with E-state index in [-0.39, 0.29) is 23.4 Å². The number of anilines is 2. The number of carbonyl (C=O) groups excluding carboxylic acids is 2. The molecule has 0 bridgehead atoms. The Labute approximate surface area is 143 Å². The lowest BCUT2D eigenvalue weighted by Crippen LogP contribution is -2.34. The van der Waals surface area contributed by atoms with Crippen molar-refractivity contribution in [2.24, 2.45) is 0 Å². The number of rotatable bonds is 4. The van der Waals surface area contributed by atoms with E-state index in [9.17, 15) is 19.5 Å². The molecule has 0 saturated carbocycles. The lowest BCUT2D eigenvalue weighted by atomic mass is 10.1. The van der Waals surface area contributed by atoms with Gasteiger partial charge in [0, 0.05) is 0 Å². The van der Waals surface area contributed by atoms with Crippen LogP contribution < -0.4 is 10.2 Å². The van der Waals surface area contributed by atoms with Crippen LogP contribution in [0.25, 0.3) is 0 Å². The van der Waals surface area contributed by atoms with Gasteiger partial charge in [0.15, 0.2) is 0 Å². The first-order valence-electron chi connectivity index (χ1n) is 7.63. The molecule has 7 nitrogen and oxygen atoms in total. The minimum absolute atomic E-state index is 0.00848. The van der Waals surface area contributed by atoms with Crippen molar-refractivity contribution in [3.63, 3.8) is 0 Å². The number of nitrogens with zero attached hydrogens (tertiary/aromatic N) is 1. The van der Waals surface area contributed by atoms with Crippen molar-refractivity contribution in [1.82, 2.24) is 0 Å². The molecule has 0 spiro atoms. The number of carboxylic acid groups (broad SMARTS) is 1. The summed E-state index contributed by atoms with van der Waals surface area (Å²) >= 11 is 0. The first kappa shape index (κ1) is 16.5. The van der Waals surface area contributed by atoms with Gasteiger partial charge in [0.2, 0.25) is 5.91 Å². The van der Waals surface area contributed by atoms with Crippen LogP contribution >= 0.6 is 0 Å². The highest BCUT2D eigenvalue weighted by Crippen LogP contribution is 2.29. The maximum absolute atomic E-state index is 12.6. The number of amides is 2. The second kappa shape index (κ2) is 6.27. The molecule has 1 atom stereocenters. The summed E-state index contributed by atoms with van der Waals surface area (Å²) in [5, 5.41) is 21.8. The zero-order chi connectivity index (χ0) is 18.1. The molecule has 7 heteroatoms. The minimum atomic E-state index is -1.14. The Morgan fingerprint density at radius 3 is 2.68 bits per heavy atom. The van der Waals surface area contributed by atoms with E-state index in [4.69, 9.17) is 5.11 Å². The topological polar surface area (TPSA) is 107 Å². The Kier molecular flexibility index (Phi) is 4.14. The normalized spacial score (nSPS) is 17.0. The standard InChI is InChI=1S/C18H16N2O5/c1-10-5-6-15(21)13(7-10)19-14-9-16(22)20(17(14)23)12-4-2-3-11(8-12)18(24)25/h2-8,14,19,21H,9H2,1H3,(H,24,25). The quantitative estimate of drug-likeness (QED) is 0.581. The van der Waals surface area contributed by atoms with E-state index in [2.05, 4.69) is 5.32 Å². The number of carboxylic acids is 1.